The van der Waals surface area contributed by atoms with Crippen LogP contribution in [0, 0.1) is 25.7 Å². The lowest BCUT2D eigenvalue weighted by Gasteiger charge is -2.33. The van der Waals surface area contributed by atoms with Crippen molar-refractivity contribution in [3.05, 3.63) is 29.3 Å². The fraction of sp³-hybridized carbons (Fsp3) is 0.667. The van der Waals surface area contributed by atoms with Crippen molar-refractivity contribution in [2.24, 2.45) is 11.8 Å². The van der Waals surface area contributed by atoms with Gasteiger partial charge in [0, 0.05) is 25.4 Å². The molecule has 2 unspecified atom stereocenters. The van der Waals surface area contributed by atoms with E-state index in [0.717, 1.165) is 29.7 Å². The van der Waals surface area contributed by atoms with Crippen molar-refractivity contribution >= 4 is 23.4 Å². The summed E-state index contributed by atoms with van der Waals surface area (Å²) in [4.78, 5) is 42.7. The van der Waals surface area contributed by atoms with Gasteiger partial charge in [0.05, 0.1) is 17.4 Å². The summed E-state index contributed by atoms with van der Waals surface area (Å²) in [5.41, 5.74) is 0.870. The minimum absolute atomic E-state index is 0.0954. The number of carbonyl (C=O) groups is 3. The highest BCUT2D eigenvalue weighted by molar-refractivity contribution is 6.04. The van der Waals surface area contributed by atoms with E-state index in [1.165, 1.54) is 0 Å². The average molecular weight is 486 g/mol. The predicted molar refractivity (Wildman–Crippen MR) is 133 cm³/mol. The molecule has 0 radical (unpaired) electrons. The SMILES string of the molecule is CCCNC(=O)[C@H]1[C@H]2C(=O)N(CCCCCO)C(C(=O)Nc3c(C)cccc3C)C23CC[C@]1(C)O3. The van der Waals surface area contributed by atoms with Crippen molar-refractivity contribution in [2.45, 2.75) is 83.5 Å². The first kappa shape index (κ1) is 25.6. The van der Waals surface area contributed by atoms with Crippen LogP contribution in [0.3, 0.4) is 0 Å². The number of para-hydroxylation sites is 1. The predicted octanol–water partition coefficient (Wildman–Crippen LogP) is 2.70. The number of aryl methyl sites for hydroxylation is 2. The number of nitrogens with zero attached hydrogens (tertiary/aromatic N) is 1. The van der Waals surface area contributed by atoms with E-state index in [1.54, 1.807) is 4.90 Å². The maximum absolute atomic E-state index is 13.9. The topological polar surface area (TPSA) is 108 Å². The van der Waals surface area contributed by atoms with E-state index in [9.17, 15) is 14.4 Å². The Kier molecular flexibility index (Phi) is 7.25. The third-order valence-electron chi connectivity index (χ3n) is 8.14. The lowest BCUT2D eigenvalue weighted by atomic mass is 9.66. The fourth-order valence-electron chi connectivity index (χ4n) is 6.50. The van der Waals surface area contributed by atoms with Gasteiger partial charge in [-0.05, 0) is 70.4 Å². The van der Waals surface area contributed by atoms with Crippen molar-refractivity contribution in [2.75, 3.05) is 25.0 Å². The van der Waals surface area contributed by atoms with Crippen LogP contribution in [0.15, 0.2) is 18.2 Å². The summed E-state index contributed by atoms with van der Waals surface area (Å²) in [6.45, 7) is 8.83. The summed E-state index contributed by atoms with van der Waals surface area (Å²) >= 11 is 0. The lowest BCUT2D eigenvalue weighted by Crippen LogP contribution is -2.53. The van der Waals surface area contributed by atoms with Crippen molar-refractivity contribution in [3.8, 4) is 0 Å². The molecule has 3 saturated heterocycles. The number of anilines is 1. The quantitative estimate of drug-likeness (QED) is 0.442. The van der Waals surface area contributed by atoms with Gasteiger partial charge in [-0.15, -0.1) is 0 Å². The first-order valence-corrected chi connectivity index (χ1v) is 13.0. The summed E-state index contributed by atoms with van der Waals surface area (Å²) in [6.07, 6.45) is 4.07. The van der Waals surface area contributed by atoms with Gasteiger partial charge in [-0.25, -0.2) is 0 Å². The molecule has 3 fully saturated rings. The van der Waals surface area contributed by atoms with Gasteiger partial charge in [0.25, 0.3) is 0 Å². The van der Waals surface area contributed by atoms with Crippen molar-refractivity contribution < 1.29 is 24.2 Å². The smallest absolute Gasteiger partial charge is 0.250 e. The molecule has 0 saturated carbocycles. The number of hydrogen-bond donors (Lipinski definition) is 3. The second kappa shape index (κ2) is 9.90. The molecule has 3 N–H and O–H groups in total. The standard InChI is InChI=1S/C27H39N3O5/c1-5-14-28-23(32)19-20-25(34)30(15-7-6-8-16-31)22(27(20)13-12-26(19,4)35-27)24(33)29-21-17(2)10-9-11-18(21)3/h9-11,19-20,22,31H,5-8,12-16H2,1-4H3,(H,28,32)(H,29,33)/t19-,20+,22?,26+,27?/m1/s1. The minimum Gasteiger partial charge on any atom is -0.396 e. The van der Waals surface area contributed by atoms with Gasteiger partial charge in [-0.2, -0.15) is 0 Å². The van der Waals surface area contributed by atoms with E-state index < -0.39 is 29.1 Å². The number of likely N-dealkylation sites (tertiary alicyclic amines) is 1. The first-order valence-electron chi connectivity index (χ1n) is 13.0. The molecule has 2 bridgehead atoms. The molecule has 1 aromatic carbocycles. The third kappa shape index (κ3) is 4.25. The highest BCUT2D eigenvalue weighted by Crippen LogP contribution is 2.63. The highest BCUT2D eigenvalue weighted by atomic mass is 16.5. The largest absolute Gasteiger partial charge is 0.396 e. The maximum atomic E-state index is 13.9. The number of fused-ring (bicyclic) bond motifs is 1. The van der Waals surface area contributed by atoms with Crippen molar-refractivity contribution in [1.29, 1.82) is 0 Å². The number of aliphatic hydroxyl groups is 1. The Morgan fingerprint density at radius 2 is 1.86 bits per heavy atom. The zero-order chi connectivity index (χ0) is 25.4. The van der Waals surface area contributed by atoms with E-state index in [2.05, 4.69) is 10.6 Å². The van der Waals surface area contributed by atoms with Crippen LogP contribution < -0.4 is 10.6 Å². The van der Waals surface area contributed by atoms with Gasteiger partial charge in [0.15, 0.2) is 0 Å². The van der Waals surface area contributed by atoms with Crippen LogP contribution in [0.5, 0.6) is 0 Å². The van der Waals surface area contributed by atoms with Gasteiger partial charge < -0.3 is 25.4 Å². The van der Waals surface area contributed by atoms with Crippen molar-refractivity contribution in [3.63, 3.8) is 0 Å². The molecule has 3 aliphatic rings. The molecular weight excluding hydrogens is 446 g/mol. The Morgan fingerprint density at radius 3 is 2.51 bits per heavy atom. The molecule has 192 valence electrons. The van der Waals surface area contributed by atoms with E-state index in [-0.39, 0.29) is 24.3 Å². The summed E-state index contributed by atoms with van der Waals surface area (Å²) in [6, 6.07) is 5.04. The minimum atomic E-state index is -1.02. The molecular formula is C27H39N3O5. The van der Waals surface area contributed by atoms with Gasteiger partial charge in [0.2, 0.25) is 17.7 Å². The molecule has 3 aliphatic heterocycles. The Morgan fingerprint density at radius 1 is 1.14 bits per heavy atom. The number of nitrogens with one attached hydrogen (secondary N) is 2. The zero-order valence-corrected chi connectivity index (χ0v) is 21.4. The number of ether oxygens (including phenoxy) is 1. The number of rotatable bonds is 10. The molecule has 1 spiro atoms. The molecule has 4 rings (SSSR count). The second-order valence-corrected chi connectivity index (χ2v) is 10.6. The number of amides is 3. The second-order valence-electron chi connectivity index (χ2n) is 10.6. The Hall–Kier alpha value is -2.45. The molecule has 0 aromatic heterocycles. The number of hydrogen-bond acceptors (Lipinski definition) is 5. The van der Waals surface area contributed by atoms with Crippen LogP contribution in [-0.2, 0) is 19.1 Å². The van der Waals surface area contributed by atoms with Crippen LogP contribution in [-0.4, -0.2) is 64.7 Å². The summed E-state index contributed by atoms with van der Waals surface area (Å²) in [5.74, 6) is -1.89. The van der Waals surface area contributed by atoms with Crippen LogP contribution >= 0.6 is 0 Å². The lowest BCUT2D eigenvalue weighted by molar-refractivity contribution is -0.144. The number of benzene rings is 1. The van der Waals surface area contributed by atoms with Gasteiger partial charge >= 0.3 is 0 Å². The van der Waals surface area contributed by atoms with E-state index in [1.807, 2.05) is 45.9 Å². The molecule has 3 amide bonds. The van der Waals surface area contributed by atoms with Crippen LogP contribution in [0.1, 0.15) is 63.5 Å². The van der Waals surface area contributed by atoms with E-state index >= 15 is 0 Å². The zero-order valence-electron chi connectivity index (χ0n) is 21.4. The Bertz CT molecular complexity index is 977. The van der Waals surface area contributed by atoms with Gasteiger partial charge in [-0.1, -0.05) is 25.1 Å². The molecule has 5 atom stereocenters. The monoisotopic (exact) mass is 485 g/mol. The van der Waals surface area contributed by atoms with Crippen LogP contribution in [0.4, 0.5) is 5.69 Å². The highest BCUT2D eigenvalue weighted by Gasteiger charge is 2.77. The van der Waals surface area contributed by atoms with Crippen LogP contribution in [0.2, 0.25) is 0 Å². The van der Waals surface area contributed by atoms with E-state index in [0.29, 0.717) is 38.8 Å². The molecule has 8 heteroatoms. The summed E-state index contributed by atoms with van der Waals surface area (Å²) < 4.78 is 6.62. The molecule has 1 aromatic rings. The molecule has 3 heterocycles. The van der Waals surface area contributed by atoms with Gasteiger partial charge in [-0.3, -0.25) is 14.4 Å². The summed E-state index contributed by atoms with van der Waals surface area (Å²) in [5, 5.41) is 15.2. The third-order valence-corrected chi connectivity index (χ3v) is 8.14. The van der Waals surface area contributed by atoms with Crippen LogP contribution in [0.25, 0.3) is 0 Å². The normalized spacial score (nSPS) is 31.1. The van der Waals surface area contributed by atoms with Gasteiger partial charge in [0.1, 0.15) is 11.6 Å². The number of aliphatic hydroxyl groups excluding tert-OH is 1. The molecule has 8 nitrogen and oxygen atoms in total. The Balaban J connectivity index is 1.69. The molecule has 0 aliphatic carbocycles. The molecule has 35 heavy (non-hydrogen) atoms. The number of unbranched alkanes of at least 4 members (excludes halogenated alkanes) is 2. The Labute approximate surface area is 207 Å². The summed E-state index contributed by atoms with van der Waals surface area (Å²) in [7, 11) is 0. The maximum Gasteiger partial charge on any atom is 0.250 e. The average Bonchev–Trinajstić information content (AvgIpc) is 3.38. The number of carbonyl (C=O) groups excluding carboxylic acids is 3. The van der Waals surface area contributed by atoms with E-state index in [4.69, 9.17) is 9.84 Å². The fourth-order valence-corrected chi connectivity index (χ4v) is 6.50. The first-order chi connectivity index (χ1) is 16.7. The van der Waals surface area contributed by atoms with Crippen molar-refractivity contribution in [1.82, 2.24) is 10.2 Å².